The van der Waals surface area contributed by atoms with Gasteiger partial charge in [-0.2, -0.15) is 0 Å². The quantitative estimate of drug-likeness (QED) is 0.784. The van der Waals surface area contributed by atoms with E-state index in [-0.39, 0.29) is 36.0 Å². The molecule has 1 atom stereocenters. The minimum atomic E-state index is -0.303. The van der Waals surface area contributed by atoms with Gasteiger partial charge >= 0.3 is 5.97 Å². The summed E-state index contributed by atoms with van der Waals surface area (Å²) in [4.78, 5) is 40.2. The fourth-order valence-corrected chi connectivity index (χ4v) is 3.68. The van der Waals surface area contributed by atoms with Crippen molar-refractivity contribution in [1.29, 1.82) is 0 Å². The number of hydrogen-bond acceptors (Lipinski definition) is 4. The molecule has 0 unspecified atom stereocenters. The highest BCUT2D eigenvalue weighted by molar-refractivity contribution is 6.00. The largest absolute Gasteiger partial charge is 0.469 e. The maximum atomic E-state index is 12.8. The minimum Gasteiger partial charge on any atom is -0.469 e. The summed E-state index contributed by atoms with van der Waals surface area (Å²) in [5.74, 6) is -0.611. The lowest BCUT2D eigenvalue weighted by Gasteiger charge is -2.32. The lowest BCUT2D eigenvalue weighted by molar-refractivity contribution is -0.149. The summed E-state index contributed by atoms with van der Waals surface area (Å²) in [6, 6.07) is 7.77. The van der Waals surface area contributed by atoms with Crippen LogP contribution in [0.25, 0.3) is 0 Å². The topological polar surface area (TPSA) is 66.9 Å². The highest BCUT2D eigenvalue weighted by Gasteiger charge is 2.38. The number of methoxy groups -OCH3 is 1. The molecule has 1 aromatic carbocycles. The van der Waals surface area contributed by atoms with Crippen molar-refractivity contribution in [3.8, 4) is 0 Å². The van der Waals surface area contributed by atoms with Gasteiger partial charge in [0.2, 0.25) is 11.8 Å². The Morgan fingerprint density at radius 3 is 2.52 bits per heavy atom. The third-order valence-electron chi connectivity index (χ3n) is 5.13. The van der Waals surface area contributed by atoms with Crippen LogP contribution in [0.15, 0.2) is 24.3 Å². The van der Waals surface area contributed by atoms with Crippen LogP contribution >= 0.6 is 0 Å². The van der Waals surface area contributed by atoms with Gasteiger partial charge in [-0.3, -0.25) is 14.4 Å². The van der Waals surface area contributed by atoms with Crippen molar-refractivity contribution >= 4 is 23.5 Å². The van der Waals surface area contributed by atoms with E-state index in [0.29, 0.717) is 32.5 Å². The molecule has 2 aliphatic rings. The van der Waals surface area contributed by atoms with E-state index in [1.54, 1.807) is 9.80 Å². The van der Waals surface area contributed by atoms with Gasteiger partial charge in [0.1, 0.15) is 0 Å². The van der Waals surface area contributed by atoms with E-state index in [1.165, 1.54) is 7.11 Å². The number of ether oxygens (including phenoxy) is 1. The molecule has 0 saturated carbocycles. The molecule has 2 aliphatic heterocycles. The van der Waals surface area contributed by atoms with Gasteiger partial charge < -0.3 is 14.5 Å². The summed E-state index contributed by atoms with van der Waals surface area (Å²) < 4.78 is 4.78. The van der Waals surface area contributed by atoms with Gasteiger partial charge in [0.05, 0.1) is 18.9 Å². The monoisotopic (exact) mass is 344 g/mol. The minimum absolute atomic E-state index is 0.00611. The van der Waals surface area contributed by atoms with Gasteiger partial charge in [0.25, 0.3) is 0 Å². The number of esters is 1. The van der Waals surface area contributed by atoms with E-state index in [4.69, 9.17) is 4.74 Å². The summed E-state index contributed by atoms with van der Waals surface area (Å²) in [5, 5.41) is 0. The van der Waals surface area contributed by atoms with Crippen LogP contribution in [0.5, 0.6) is 0 Å². The molecule has 0 aromatic heterocycles. The molecule has 2 fully saturated rings. The molecule has 0 spiro atoms. The second-order valence-corrected chi connectivity index (χ2v) is 6.87. The summed E-state index contributed by atoms with van der Waals surface area (Å²) in [5.41, 5.74) is 1.94. The second kappa shape index (κ2) is 7.25. The molecule has 2 saturated heterocycles. The zero-order valence-corrected chi connectivity index (χ0v) is 14.7. The molecular weight excluding hydrogens is 320 g/mol. The highest BCUT2D eigenvalue weighted by Crippen LogP contribution is 2.28. The number of piperidine rings is 1. The first-order valence-corrected chi connectivity index (χ1v) is 8.73. The normalized spacial score (nSPS) is 21.5. The summed E-state index contributed by atoms with van der Waals surface area (Å²) >= 11 is 0. The van der Waals surface area contributed by atoms with Gasteiger partial charge in [0, 0.05) is 31.7 Å². The Hall–Kier alpha value is -2.37. The lowest BCUT2D eigenvalue weighted by atomic mass is 9.95. The molecule has 25 heavy (non-hydrogen) atoms. The van der Waals surface area contributed by atoms with Crippen LogP contribution in [-0.2, 0) is 19.1 Å². The average Bonchev–Trinajstić information content (AvgIpc) is 3.02. The zero-order chi connectivity index (χ0) is 18.0. The Labute approximate surface area is 147 Å². The number of carbonyl (C=O) groups excluding carboxylic acids is 3. The van der Waals surface area contributed by atoms with Crippen LogP contribution in [-0.4, -0.2) is 49.4 Å². The predicted molar refractivity (Wildman–Crippen MR) is 93.0 cm³/mol. The van der Waals surface area contributed by atoms with E-state index in [1.807, 2.05) is 31.2 Å². The molecule has 134 valence electrons. The van der Waals surface area contributed by atoms with E-state index >= 15 is 0 Å². The SMILES string of the molecule is COC(=O)C1CCN(C(=O)[C@@H]2CC(=O)N(c3cccc(C)c3)C2)CC1. The standard InChI is InChI=1S/C19H24N2O4/c1-13-4-3-5-16(10-13)21-12-15(11-17(21)22)18(23)20-8-6-14(7-9-20)19(24)25-2/h3-5,10,14-15H,6-9,11-12H2,1-2H3/t15-/m1/s1. The maximum absolute atomic E-state index is 12.8. The molecule has 6 nitrogen and oxygen atoms in total. The first-order valence-electron chi connectivity index (χ1n) is 8.73. The number of aryl methyl sites for hydroxylation is 1. The lowest BCUT2D eigenvalue weighted by Crippen LogP contribution is -2.43. The van der Waals surface area contributed by atoms with Crippen molar-refractivity contribution in [1.82, 2.24) is 4.90 Å². The van der Waals surface area contributed by atoms with E-state index in [2.05, 4.69) is 0 Å². The van der Waals surface area contributed by atoms with Gasteiger partial charge in [-0.25, -0.2) is 0 Å². The zero-order valence-electron chi connectivity index (χ0n) is 14.7. The molecule has 0 N–H and O–H groups in total. The van der Waals surface area contributed by atoms with Crippen molar-refractivity contribution in [2.45, 2.75) is 26.2 Å². The van der Waals surface area contributed by atoms with E-state index < -0.39 is 0 Å². The number of rotatable bonds is 3. The Balaban J connectivity index is 1.61. The number of likely N-dealkylation sites (tertiary alicyclic amines) is 1. The number of benzene rings is 1. The third kappa shape index (κ3) is 3.67. The molecule has 2 amide bonds. The molecule has 0 aliphatic carbocycles. The van der Waals surface area contributed by atoms with Crippen molar-refractivity contribution in [2.24, 2.45) is 11.8 Å². The predicted octanol–water partition coefficient (Wildman–Crippen LogP) is 1.76. The molecule has 6 heteroatoms. The van der Waals surface area contributed by atoms with Crippen molar-refractivity contribution in [3.05, 3.63) is 29.8 Å². The van der Waals surface area contributed by atoms with Crippen molar-refractivity contribution in [2.75, 3.05) is 31.6 Å². The van der Waals surface area contributed by atoms with Crippen molar-refractivity contribution < 1.29 is 19.1 Å². The highest BCUT2D eigenvalue weighted by atomic mass is 16.5. The fraction of sp³-hybridized carbons (Fsp3) is 0.526. The third-order valence-corrected chi connectivity index (χ3v) is 5.13. The van der Waals surface area contributed by atoms with E-state index in [0.717, 1.165) is 11.3 Å². The Morgan fingerprint density at radius 1 is 1.16 bits per heavy atom. The van der Waals surface area contributed by atoms with Crippen LogP contribution in [0.2, 0.25) is 0 Å². The fourth-order valence-electron chi connectivity index (χ4n) is 3.68. The van der Waals surface area contributed by atoms with Gasteiger partial charge in [-0.05, 0) is 37.5 Å². The molecule has 3 rings (SSSR count). The van der Waals surface area contributed by atoms with Crippen molar-refractivity contribution in [3.63, 3.8) is 0 Å². The van der Waals surface area contributed by atoms with Crippen LogP contribution in [0.3, 0.4) is 0 Å². The van der Waals surface area contributed by atoms with E-state index in [9.17, 15) is 14.4 Å². The molecular formula is C19H24N2O4. The number of hydrogen-bond donors (Lipinski definition) is 0. The van der Waals surface area contributed by atoms with Crippen LogP contribution in [0.4, 0.5) is 5.69 Å². The van der Waals surface area contributed by atoms with Crippen LogP contribution in [0.1, 0.15) is 24.8 Å². The van der Waals surface area contributed by atoms with Gasteiger partial charge in [0.15, 0.2) is 0 Å². The molecule has 1 aromatic rings. The Morgan fingerprint density at radius 2 is 1.88 bits per heavy atom. The van der Waals surface area contributed by atoms with Crippen LogP contribution < -0.4 is 4.90 Å². The first-order chi connectivity index (χ1) is 12.0. The number of anilines is 1. The molecule has 0 radical (unpaired) electrons. The summed E-state index contributed by atoms with van der Waals surface area (Å²) in [6.07, 6.45) is 1.51. The number of nitrogens with zero attached hydrogens (tertiary/aromatic N) is 2. The summed E-state index contributed by atoms with van der Waals surface area (Å²) in [6.45, 7) is 3.51. The average molecular weight is 344 g/mol. The number of amides is 2. The smallest absolute Gasteiger partial charge is 0.308 e. The first kappa shape index (κ1) is 17.5. The summed E-state index contributed by atoms with van der Waals surface area (Å²) in [7, 11) is 1.39. The van der Waals surface area contributed by atoms with Gasteiger partial charge in [-0.15, -0.1) is 0 Å². The maximum Gasteiger partial charge on any atom is 0.308 e. The van der Waals surface area contributed by atoms with Crippen LogP contribution in [0, 0.1) is 18.8 Å². The van der Waals surface area contributed by atoms with Gasteiger partial charge in [-0.1, -0.05) is 12.1 Å². The second-order valence-electron chi connectivity index (χ2n) is 6.87. The Kier molecular flexibility index (Phi) is 5.06. The molecule has 0 bridgehead atoms. The number of carbonyl (C=O) groups is 3. The molecule has 2 heterocycles. The Bertz CT molecular complexity index is 680.